The third-order valence-corrected chi connectivity index (χ3v) is 5.91. The molecule has 9 nitrogen and oxygen atoms in total. The van der Waals surface area contributed by atoms with Gasteiger partial charge in [0.1, 0.15) is 17.3 Å². The van der Waals surface area contributed by atoms with Gasteiger partial charge in [-0.2, -0.15) is 0 Å². The fraction of sp³-hybridized carbons (Fsp3) is 0.381. The minimum absolute atomic E-state index is 0.157. The molecule has 0 spiro atoms. The number of benzene rings is 1. The van der Waals surface area contributed by atoms with Gasteiger partial charge in [-0.15, -0.1) is 10.2 Å². The summed E-state index contributed by atoms with van der Waals surface area (Å²) in [6.07, 6.45) is 3.93. The fourth-order valence-corrected chi connectivity index (χ4v) is 4.18. The Balaban J connectivity index is 1.46. The lowest BCUT2D eigenvalue weighted by Gasteiger charge is -2.17. The van der Waals surface area contributed by atoms with Crippen LogP contribution in [0.5, 0.6) is 11.5 Å². The molecule has 1 aromatic carbocycles. The van der Waals surface area contributed by atoms with Gasteiger partial charge in [-0.25, -0.2) is 0 Å². The van der Waals surface area contributed by atoms with Gasteiger partial charge in [-0.3, -0.25) is 9.36 Å². The second kappa shape index (κ2) is 9.78. The lowest BCUT2D eigenvalue weighted by molar-refractivity contribution is -0.113. The van der Waals surface area contributed by atoms with Crippen molar-refractivity contribution in [1.29, 1.82) is 0 Å². The van der Waals surface area contributed by atoms with Crippen LogP contribution in [0.3, 0.4) is 0 Å². The Morgan fingerprint density at radius 3 is 2.55 bits per heavy atom. The summed E-state index contributed by atoms with van der Waals surface area (Å²) in [6.45, 7) is 2.43. The number of hydrogen-bond acceptors (Lipinski definition) is 8. The summed E-state index contributed by atoms with van der Waals surface area (Å²) in [4.78, 5) is 14.8. The Morgan fingerprint density at radius 1 is 1.16 bits per heavy atom. The number of ether oxygens (including phenoxy) is 2. The molecule has 0 unspecified atom stereocenters. The highest BCUT2D eigenvalue weighted by atomic mass is 32.2. The topological polar surface area (TPSA) is 94.7 Å². The van der Waals surface area contributed by atoms with Crippen LogP contribution in [0, 0.1) is 0 Å². The molecular weight excluding hydrogens is 418 g/mol. The number of furan rings is 1. The number of carbonyl (C=O) groups excluding carboxylic acids is 1. The number of methoxy groups -OCH3 is 2. The predicted molar refractivity (Wildman–Crippen MR) is 118 cm³/mol. The van der Waals surface area contributed by atoms with Crippen LogP contribution >= 0.6 is 11.8 Å². The van der Waals surface area contributed by atoms with Crippen LogP contribution in [-0.2, 0) is 11.3 Å². The number of hydrogen-bond donors (Lipinski definition) is 1. The highest BCUT2D eigenvalue weighted by molar-refractivity contribution is 7.99. The number of carbonyl (C=O) groups is 1. The molecule has 3 aromatic rings. The van der Waals surface area contributed by atoms with Gasteiger partial charge in [0, 0.05) is 37.0 Å². The van der Waals surface area contributed by atoms with Crippen LogP contribution < -0.4 is 19.7 Å². The summed E-state index contributed by atoms with van der Waals surface area (Å²) in [5.74, 6) is 2.88. The number of thioether (sulfide) groups is 1. The number of anilines is 2. The molecule has 0 saturated carbocycles. The Labute approximate surface area is 184 Å². The normalized spacial score (nSPS) is 13.4. The summed E-state index contributed by atoms with van der Waals surface area (Å²) in [7, 11) is 3.14. The third kappa shape index (κ3) is 5.13. The van der Waals surface area contributed by atoms with Gasteiger partial charge in [0.25, 0.3) is 0 Å². The van der Waals surface area contributed by atoms with Crippen molar-refractivity contribution in [3.05, 3.63) is 42.4 Å². The van der Waals surface area contributed by atoms with Crippen LogP contribution in [0.2, 0.25) is 0 Å². The van der Waals surface area contributed by atoms with E-state index >= 15 is 0 Å². The first-order valence-electron chi connectivity index (χ1n) is 10.0. The second-order valence-electron chi connectivity index (χ2n) is 7.08. The van der Waals surface area contributed by atoms with E-state index in [4.69, 9.17) is 13.9 Å². The van der Waals surface area contributed by atoms with E-state index in [0.29, 0.717) is 28.9 Å². The van der Waals surface area contributed by atoms with Crippen LogP contribution in [-0.4, -0.2) is 53.7 Å². The molecule has 0 atom stereocenters. The van der Waals surface area contributed by atoms with Crippen LogP contribution in [0.25, 0.3) is 0 Å². The summed E-state index contributed by atoms with van der Waals surface area (Å²) < 4.78 is 18.0. The molecule has 31 heavy (non-hydrogen) atoms. The first-order chi connectivity index (χ1) is 15.2. The molecule has 4 rings (SSSR count). The largest absolute Gasteiger partial charge is 0.497 e. The number of amides is 1. The zero-order valence-corrected chi connectivity index (χ0v) is 18.4. The average molecular weight is 444 g/mol. The fourth-order valence-electron chi connectivity index (χ4n) is 3.44. The Bertz CT molecular complexity index is 993. The molecule has 3 heterocycles. The molecule has 1 aliphatic heterocycles. The van der Waals surface area contributed by atoms with Gasteiger partial charge < -0.3 is 24.1 Å². The molecule has 164 valence electrons. The first kappa shape index (κ1) is 21.1. The maximum Gasteiger partial charge on any atom is 0.234 e. The molecule has 1 saturated heterocycles. The van der Waals surface area contributed by atoms with Gasteiger partial charge in [0.15, 0.2) is 5.16 Å². The number of nitrogens with one attached hydrogen (secondary N) is 1. The molecular formula is C21H25N5O4S. The smallest absolute Gasteiger partial charge is 0.234 e. The van der Waals surface area contributed by atoms with Crippen molar-refractivity contribution < 1.29 is 18.7 Å². The number of aromatic nitrogens is 3. The van der Waals surface area contributed by atoms with Gasteiger partial charge in [-0.05, 0) is 25.0 Å². The van der Waals surface area contributed by atoms with E-state index < -0.39 is 0 Å². The Hall–Kier alpha value is -3.14. The molecule has 10 heteroatoms. The number of nitrogens with zero attached hydrogens (tertiary/aromatic N) is 4. The minimum Gasteiger partial charge on any atom is -0.497 e. The van der Waals surface area contributed by atoms with Crippen molar-refractivity contribution in [2.45, 2.75) is 24.5 Å². The summed E-state index contributed by atoms with van der Waals surface area (Å²) >= 11 is 1.34. The van der Waals surface area contributed by atoms with Crippen molar-refractivity contribution in [3.63, 3.8) is 0 Å². The third-order valence-electron chi connectivity index (χ3n) is 4.95. The first-order valence-corrected chi connectivity index (χ1v) is 11.0. The molecule has 1 fully saturated rings. The molecule has 1 N–H and O–H groups in total. The van der Waals surface area contributed by atoms with Gasteiger partial charge in [0.2, 0.25) is 11.9 Å². The lowest BCUT2D eigenvalue weighted by atomic mass is 10.2. The molecule has 0 aliphatic carbocycles. The summed E-state index contributed by atoms with van der Waals surface area (Å²) in [5, 5.41) is 12.3. The SMILES string of the molecule is COc1cc(NC(=O)CSc2nnc(N3CCCC3)n2Cc2ccco2)cc(OC)c1. The Morgan fingerprint density at radius 2 is 1.90 bits per heavy atom. The van der Waals surface area contributed by atoms with Gasteiger partial charge in [-0.1, -0.05) is 11.8 Å². The zero-order valence-electron chi connectivity index (χ0n) is 17.5. The highest BCUT2D eigenvalue weighted by Crippen LogP contribution is 2.28. The lowest BCUT2D eigenvalue weighted by Crippen LogP contribution is -2.22. The van der Waals surface area contributed by atoms with E-state index in [1.54, 1.807) is 38.7 Å². The van der Waals surface area contributed by atoms with Gasteiger partial charge in [0.05, 0.1) is 32.8 Å². The standard InChI is InChI=1S/C21H25N5O4S/c1-28-17-10-15(11-18(12-17)29-2)22-19(27)14-31-21-24-23-20(25-7-3-4-8-25)26(21)13-16-6-5-9-30-16/h5-6,9-12H,3-4,7-8,13-14H2,1-2H3,(H,22,27). The van der Waals surface area contributed by atoms with Crippen LogP contribution in [0.4, 0.5) is 11.6 Å². The minimum atomic E-state index is -0.157. The summed E-state index contributed by atoms with van der Waals surface area (Å²) in [5.41, 5.74) is 0.608. The van der Waals surface area contributed by atoms with E-state index in [9.17, 15) is 4.79 Å². The predicted octanol–water partition coefficient (Wildman–Crippen LogP) is 3.27. The maximum atomic E-state index is 12.6. The van der Waals surface area contributed by atoms with Crippen LogP contribution in [0.1, 0.15) is 18.6 Å². The second-order valence-corrected chi connectivity index (χ2v) is 8.02. The monoisotopic (exact) mass is 443 g/mol. The molecule has 2 aromatic heterocycles. The summed E-state index contributed by atoms with van der Waals surface area (Å²) in [6, 6.07) is 9.02. The van der Waals surface area contributed by atoms with E-state index in [-0.39, 0.29) is 11.7 Å². The van der Waals surface area contributed by atoms with E-state index in [1.807, 2.05) is 16.7 Å². The molecule has 0 radical (unpaired) electrons. The van der Waals surface area contributed by atoms with Crippen molar-refractivity contribution in [2.75, 3.05) is 43.3 Å². The maximum absolute atomic E-state index is 12.6. The van der Waals surface area contributed by atoms with Crippen molar-refractivity contribution in [2.24, 2.45) is 0 Å². The van der Waals surface area contributed by atoms with Crippen molar-refractivity contribution in [1.82, 2.24) is 14.8 Å². The van der Waals surface area contributed by atoms with Crippen molar-refractivity contribution >= 4 is 29.3 Å². The zero-order chi connectivity index (χ0) is 21.6. The molecule has 1 amide bonds. The average Bonchev–Trinajstić information content (AvgIpc) is 3.54. The van der Waals surface area contributed by atoms with E-state index in [0.717, 1.165) is 37.6 Å². The molecule has 0 bridgehead atoms. The van der Waals surface area contributed by atoms with Crippen molar-refractivity contribution in [3.8, 4) is 11.5 Å². The van der Waals surface area contributed by atoms with Gasteiger partial charge >= 0.3 is 0 Å². The molecule has 1 aliphatic rings. The highest BCUT2D eigenvalue weighted by Gasteiger charge is 2.22. The number of rotatable bonds is 9. The van der Waals surface area contributed by atoms with E-state index in [2.05, 4.69) is 20.4 Å². The van der Waals surface area contributed by atoms with Crippen LogP contribution in [0.15, 0.2) is 46.2 Å². The Kier molecular flexibility index (Phi) is 6.66. The quantitative estimate of drug-likeness (QED) is 0.504. The van der Waals surface area contributed by atoms with E-state index in [1.165, 1.54) is 11.8 Å².